The number of nitrogens with zero attached hydrogens (tertiary/aromatic N) is 3. The molecule has 56 heavy (non-hydrogen) atoms. The fraction of sp³-hybridized carbons (Fsp3) is 0.619. The second kappa shape index (κ2) is 21.1. The smallest absolute Gasteiger partial charge is 0.243 e. The topological polar surface area (TPSA) is 191 Å². The molecule has 0 radical (unpaired) electrons. The minimum absolute atomic E-state index is 0.0153. The quantitative estimate of drug-likeness (QED) is 0.111. The van der Waals surface area contributed by atoms with Crippen LogP contribution in [0.3, 0.4) is 0 Å². The molecule has 1 saturated carbocycles. The van der Waals surface area contributed by atoms with Crippen LogP contribution in [-0.4, -0.2) is 101 Å². The average Bonchev–Trinajstić information content (AvgIpc) is 3.71. The van der Waals surface area contributed by atoms with Gasteiger partial charge in [-0.1, -0.05) is 88.4 Å². The number of carbonyl (C=O) groups excluding carboxylic acids is 3. The van der Waals surface area contributed by atoms with Gasteiger partial charge in [0, 0.05) is 63.4 Å². The number of nitrogens with two attached hydrogens (primary N) is 1. The molecule has 1 unspecified atom stereocenters. The zero-order valence-electron chi connectivity index (χ0n) is 33.2. The number of benzene rings is 2. The second-order valence-electron chi connectivity index (χ2n) is 16.1. The maximum atomic E-state index is 14.8. The van der Waals surface area contributed by atoms with Crippen molar-refractivity contribution in [3.8, 4) is 0 Å². The predicted octanol–water partition coefficient (Wildman–Crippen LogP) is 4.40. The lowest BCUT2D eigenvalue weighted by atomic mass is 9.82. The normalized spacial score (nSPS) is 18.0. The summed E-state index contributed by atoms with van der Waals surface area (Å²) in [5, 5.41) is 17.0. The van der Waals surface area contributed by atoms with E-state index in [0.29, 0.717) is 37.5 Å². The Hall–Kier alpha value is -3.85. The molecule has 5 rings (SSSR count). The van der Waals surface area contributed by atoms with Crippen LogP contribution in [0, 0.1) is 11.8 Å². The summed E-state index contributed by atoms with van der Waals surface area (Å²) < 4.78 is 27.4. The molecule has 6 N–H and O–H groups in total. The number of aliphatic hydroxyl groups excluding tert-OH is 1. The summed E-state index contributed by atoms with van der Waals surface area (Å²) in [6.45, 7) is 5.14. The molecular weight excluding hydrogens is 731 g/mol. The van der Waals surface area contributed by atoms with Crippen molar-refractivity contribution in [2.24, 2.45) is 17.6 Å². The number of aromatic amines is 1. The molecule has 3 amide bonds. The first-order chi connectivity index (χ1) is 26.9. The van der Waals surface area contributed by atoms with Gasteiger partial charge in [0.15, 0.2) is 0 Å². The van der Waals surface area contributed by atoms with E-state index in [9.17, 15) is 27.9 Å². The Kier molecular flexibility index (Phi) is 16.3. The third-order valence-electron chi connectivity index (χ3n) is 11.5. The van der Waals surface area contributed by atoms with E-state index in [1.165, 1.54) is 6.33 Å². The van der Waals surface area contributed by atoms with Gasteiger partial charge in [-0.25, -0.2) is 18.1 Å². The number of carbonyl (C=O) groups is 3. The van der Waals surface area contributed by atoms with Crippen molar-refractivity contribution in [3.05, 3.63) is 66.2 Å². The third-order valence-corrected chi connectivity index (χ3v) is 13.1. The summed E-state index contributed by atoms with van der Waals surface area (Å²) in [5.41, 5.74) is 7.61. The molecule has 14 heteroatoms. The first-order valence-electron chi connectivity index (χ1n) is 20.6. The number of likely N-dealkylation sites (tertiary alicyclic amines) is 1. The molecule has 1 saturated heterocycles. The predicted molar refractivity (Wildman–Crippen MR) is 219 cm³/mol. The average molecular weight is 794 g/mol. The van der Waals surface area contributed by atoms with Crippen LogP contribution in [0.4, 0.5) is 0 Å². The van der Waals surface area contributed by atoms with Crippen molar-refractivity contribution in [1.29, 1.82) is 0 Å². The number of fused-ring (bicyclic) bond motifs is 1. The number of piperidine rings is 1. The Labute approximate surface area is 332 Å². The second-order valence-corrected chi connectivity index (χ2v) is 18.0. The minimum Gasteiger partial charge on any atom is -0.391 e. The van der Waals surface area contributed by atoms with E-state index >= 15 is 0 Å². The summed E-state index contributed by atoms with van der Waals surface area (Å²) in [7, 11) is -3.41. The van der Waals surface area contributed by atoms with Gasteiger partial charge in [-0.15, -0.1) is 0 Å². The number of aromatic nitrogens is 2. The highest BCUT2D eigenvalue weighted by Crippen LogP contribution is 2.30. The van der Waals surface area contributed by atoms with Gasteiger partial charge < -0.3 is 30.9 Å². The number of imidazole rings is 1. The van der Waals surface area contributed by atoms with Crippen LogP contribution in [0.15, 0.2) is 55.0 Å². The van der Waals surface area contributed by atoms with Gasteiger partial charge in [0.1, 0.15) is 6.04 Å². The number of hydrogen-bond acceptors (Lipinski definition) is 8. The maximum Gasteiger partial charge on any atom is 0.243 e. The standard InChI is InChI=1S/C42H63N7O6S/c1-3-22-56(54,55)46-26-30(2)23-39(50)37(24-31-10-5-4-6-11-31)47-42(53)38(25-35-27-44-29-45-35)49(28-33-14-9-13-32-12-7-8-15-36(32)33)41(52)17-16-40(51)48-20-18-34(43)19-21-48/h7-9,12-15,27,29-31,34,37-39,46,50H,3-6,10-11,16-26,28,43H2,1-2H3,(H,44,45)(H,47,53)/t30-,37+,38?,39+/m1/s1. The van der Waals surface area contributed by atoms with Crippen molar-refractivity contribution < 1.29 is 27.9 Å². The third kappa shape index (κ3) is 12.8. The molecule has 1 aliphatic heterocycles. The van der Waals surface area contributed by atoms with Gasteiger partial charge >= 0.3 is 0 Å². The van der Waals surface area contributed by atoms with Crippen LogP contribution in [0.1, 0.15) is 102 Å². The molecule has 308 valence electrons. The number of rotatable bonds is 20. The Morgan fingerprint density at radius 3 is 2.48 bits per heavy atom. The lowest BCUT2D eigenvalue weighted by Gasteiger charge is -2.35. The van der Waals surface area contributed by atoms with E-state index in [0.717, 1.165) is 61.3 Å². The number of nitrogens with one attached hydrogen (secondary N) is 3. The van der Waals surface area contributed by atoms with Crippen LogP contribution in [0.5, 0.6) is 0 Å². The van der Waals surface area contributed by atoms with Crippen LogP contribution in [0.25, 0.3) is 10.8 Å². The van der Waals surface area contributed by atoms with E-state index in [4.69, 9.17) is 5.73 Å². The van der Waals surface area contributed by atoms with E-state index in [-0.39, 0.29) is 68.3 Å². The molecule has 2 aliphatic rings. The van der Waals surface area contributed by atoms with Crippen LogP contribution in [-0.2, 0) is 37.4 Å². The van der Waals surface area contributed by atoms with Crippen molar-refractivity contribution >= 4 is 38.5 Å². The highest BCUT2D eigenvalue weighted by atomic mass is 32.2. The SMILES string of the molecule is CCCS(=O)(=O)NC[C@H](C)C[C@H](O)[C@H](CC1CCCCC1)NC(=O)C(Cc1cnc[nH]1)N(Cc1cccc2ccccc12)C(=O)CCC(=O)N1CCC(N)CC1. The highest BCUT2D eigenvalue weighted by Gasteiger charge is 2.35. The molecule has 2 fully saturated rings. The van der Waals surface area contributed by atoms with Gasteiger partial charge in [0.25, 0.3) is 0 Å². The highest BCUT2D eigenvalue weighted by molar-refractivity contribution is 7.89. The molecule has 1 aliphatic carbocycles. The van der Waals surface area contributed by atoms with Crippen LogP contribution in [0.2, 0.25) is 0 Å². The first-order valence-corrected chi connectivity index (χ1v) is 22.3. The number of hydrogen-bond donors (Lipinski definition) is 5. The lowest BCUT2D eigenvalue weighted by molar-refractivity contribution is -0.143. The largest absolute Gasteiger partial charge is 0.391 e. The van der Waals surface area contributed by atoms with E-state index < -0.39 is 34.1 Å². The van der Waals surface area contributed by atoms with Crippen LogP contribution < -0.4 is 15.8 Å². The zero-order chi connectivity index (χ0) is 40.1. The number of amides is 3. The molecule has 2 heterocycles. The van der Waals surface area contributed by atoms with Gasteiger partial charge in [0.2, 0.25) is 27.7 Å². The van der Waals surface area contributed by atoms with Crippen molar-refractivity contribution in [1.82, 2.24) is 29.8 Å². The molecule has 2 aromatic carbocycles. The summed E-state index contributed by atoms with van der Waals surface area (Å²) in [5.74, 6) is -0.669. The van der Waals surface area contributed by atoms with Crippen molar-refractivity contribution in [2.45, 2.75) is 128 Å². The number of aliphatic hydroxyl groups is 1. The van der Waals surface area contributed by atoms with Gasteiger partial charge in [0.05, 0.1) is 24.2 Å². The lowest BCUT2D eigenvalue weighted by Crippen LogP contribution is -2.55. The fourth-order valence-electron chi connectivity index (χ4n) is 8.24. The van der Waals surface area contributed by atoms with Crippen molar-refractivity contribution in [2.75, 3.05) is 25.4 Å². The molecule has 4 atom stereocenters. The summed E-state index contributed by atoms with van der Waals surface area (Å²) >= 11 is 0. The summed E-state index contributed by atoms with van der Waals surface area (Å²) in [6.07, 6.45) is 10.5. The molecule has 0 spiro atoms. The van der Waals surface area contributed by atoms with Crippen LogP contribution >= 0.6 is 0 Å². The molecular formula is C42H63N7O6S. The monoisotopic (exact) mass is 793 g/mol. The first kappa shape index (κ1) is 43.3. The van der Waals surface area contributed by atoms with Gasteiger partial charge in [-0.05, 0) is 60.3 Å². The Balaban J connectivity index is 1.42. The summed E-state index contributed by atoms with van der Waals surface area (Å²) in [6, 6.07) is 12.3. The minimum atomic E-state index is -3.41. The van der Waals surface area contributed by atoms with E-state index in [1.54, 1.807) is 16.0 Å². The van der Waals surface area contributed by atoms with Crippen molar-refractivity contribution in [3.63, 3.8) is 0 Å². The Bertz CT molecular complexity index is 1800. The molecule has 3 aromatic rings. The molecule has 0 bridgehead atoms. The number of H-pyrrole nitrogens is 1. The molecule has 13 nitrogen and oxygen atoms in total. The number of sulfonamides is 1. The van der Waals surface area contributed by atoms with Gasteiger partial charge in [-0.3, -0.25) is 14.4 Å². The Morgan fingerprint density at radius 2 is 1.77 bits per heavy atom. The van der Waals surface area contributed by atoms with E-state index in [1.807, 2.05) is 56.3 Å². The molecule has 1 aromatic heterocycles. The maximum absolute atomic E-state index is 14.8. The van der Waals surface area contributed by atoms with E-state index in [2.05, 4.69) is 20.0 Å². The Morgan fingerprint density at radius 1 is 1.04 bits per heavy atom. The zero-order valence-corrected chi connectivity index (χ0v) is 34.0. The summed E-state index contributed by atoms with van der Waals surface area (Å²) in [4.78, 5) is 53.3. The van der Waals surface area contributed by atoms with Gasteiger partial charge in [-0.2, -0.15) is 0 Å². The fourth-order valence-corrected chi connectivity index (χ4v) is 9.46.